The Morgan fingerprint density at radius 1 is 1.04 bits per heavy atom. The lowest BCUT2D eigenvalue weighted by Crippen LogP contribution is -2.12. The first-order valence-electron chi connectivity index (χ1n) is 8.90. The van der Waals surface area contributed by atoms with Gasteiger partial charge in [0.2, 0.25) is 0 Å². The molecule has 0 aliphatic heterocycles. The van der Waals surface area contributed by atoms with Crippen molar-refractivity contribution in [3.63, 3.8) is 0 Å². The molecule has 0 spiro atoms. The molecule has 0 aliphatic rings. The van der Waals surface area contributed by atoms with E-state index >= 15 is 0 Å². The lowest BCUT2D eigenvalue weighted by atomic mass is 10.2. The van der Waals surface area contributed by atoms with Gasteiger partial charge in [-0.1, -0.05) is 6.07 Å². The summed E-state index contributed by atoms with van der Waals surface area (Å²) in [7, 11) is 1.99. The van der Waals surface area contributed by atoms with Crippen molar-refractivity contribution in [3.8, 4) is 11.4 Å². The van der Waals surface area contributed by atoms with Gasteiger partial charge in [0.25, 0.3) is 5.91 Å². The number of carbonyl (C=O) groups is 1. The molecule has 4 rings (SSSR count). The Labute approximate surface area is 162 Å². The molecule has 1 aromatic carbocycles. The molecule has 0 bridgehead atoms. The molecule has 4 aromatic rings. The molecule has 140 valence electrons. The van der Waals surface area contributed by atoms with Crippen LogP contribution in [0.3, 0.4) is 0 Å². The van der Waals surface area contributed by atoms with E-state index in [1.54, 1.807) is 12.3 Å². The zero-order valence-electron chi connectivity index (χ0n) is 15.6. The minimum Gasteiger partial charge on any atom is -0.459 e. The first-order chi connectivity index (χ1) is 13.6. The fourth-order valence-electron chi connectivity index (χ4n) is 3.01. The highest BCUT2D eigenvalue weighted by atomic mass is 16.3. The summed E-state index contributed by atoms with van der Waals surface area (Å²) in [4.78, 5) is 16.8. The molecule has 2 N–H and O–H groups in total. The summed E-state index contributed by atoms with van der Waals surface area (Å²) in [5.74, 6) is 0.0502. The van der Waals surface area contributed by atoms with E-state index in [0.29, 0.717) is 11.4 Å². The maximum atomic E-state index is 12.3. The quantitative estimate of drug-likeness (QED) is 0.518. The average molecular weight is 372 g/mol. The molecular formula is C22H20N4O2. The number of amides is 1. The van der Waals surface area contributed by atoms with Crippen LogP contribution in [0.2, 0.25) is 0 Å². The Bertz CT molecular complexity index is 1130. The van der Waals surface area contributed by atoms with E-state index in [0.717, 1.165) is 28.3 Å². The minimum absolute atomic E-state index is 0.269. The highest BCUT2D eigenvalue weighted by molar-refractivity contribution is 6.03. The van der Waals surface area contributed by atoms with Gasteiger partial charge in [-0.05, 0) is 55.5 Å². The molecule has 6 nitrogen and oxygen atoms in total. The number of benzene rings is 1. The van der Waals surface area contributed by atoms with Crippen LogP contribution in [0, 0.1) is 6.92 Å². The zero-order chi connectivity index (χ0) is 19.5. The monoisotopic (exact) mass is 372 g/mol. The van der Waals surface area contributed by atoms with Gasteiger partial charge in [0.1, 0.15) is 0 Å². The normalized spacial score (nSPS) is 10.6. The maximum absolute atomic E-state index is 12.3. The van der Waals surface area contributed by atoms with Gasteiger partial charge in [-0.3, -0.25) is 9.78 Å². The summed E-state index contributed by atoms with van der Waals surface area (Å²) in [6.45, 7) is 1.84. The molecule has 0 radical (unpaired) electrons. The predicted molar refractivity (Wildman–Crippen MR) is 110 cm³/mol. The van der Waals surface area contributed by atoms with Crippen molar-refractivity contribution in [2.24, 2.45) is 7.05 Å². The largest absolute Gasteiger partial charge is 0.459 e. The number of aryl methyl sites for hydroxylation is 2. The molecule has 0 saturated carbocycles. The number of carbonyl (C=O) groups excluding carboxylic acids is 1. The maximum Gasteiger partial charge on any atom is 0.291 e. The molecule has 0 unspecified atom stereocenters. The Morgan fingerprint density at radius 2 is 1.86 bits per heavy atom. The first kappa shape index (κ1) is 17.6. The standard InChI is InChI=1S/C22H20N4O2/c1-15-9-12-28-21(15)22(27)25-17-6-3-5-16(13-17)24-18-8-10-23-19(14-18)20-7-4-11-26(20)2/h3-14H,1-2H3,(H,23,24)(H,25,27). The van der Waals surface area contributed by atoms with E-state index in [4.69, 9.17) is 4.42 Å². The Hall–Kier alpha value is -3.80. The van der Waals surface area contributed by atoms with Gasteiger partial charge in [0.05, 0.1) is 17.7 Å². The number of rotatable bonds is 5. The summed E-state index contributed by atoms with van der Waals surface area (Å²) in [5.41, 5.74) is 5.18. The lowest BCUT2D eigenvalue weighted by molar-refractivity contribution is 0.0996. The van der Waals surface area contributed by atoms with Crippen LogP contribution in [0.25, 0.3) is 11.4 Å². The van der Waals surface area contributed by atoms with Crippen molar-refractivity contribution in [2.45, 2.75) is 6.92 Å². The van der Waals surface area contributed by atoms with E-state index in [2.05, 4.69) is 15.6 Å². The second-order valence-electron chi connectivity index (χ2n) is 6.53. The number of pyridine rings is 1. The SMILES string of the molecule is Cc1ccoc1C(=O)Nc1cccc(Nc2ccnc(-c3cccn3C)c2)c1. The van der Waals surface area contributed by atoms with Crippen molar-refractivity contribution in [1.82, 2.24) is 9.55 Å². The number of nitrogens with zero attached hydrogens (tertiary/aromatic N) is 2. The summed E-state index contributed by atoms with van der Waals surface area (Å²) >= 11 is 0. The number of furan rings is 1. The average Bonchev–Trinajstić information content (AvgIpc) is 3.30. The predicted octanol–water partition coefficient (Wildman–Crippen LogP) is 4.98. The summed E-state index contributed by atoms with van der Waals surface area (Å²) < 4.78 is 7.27. The highest BCUT2D eigenvalue weighted by Crippen LogP contribution is 2.24. The Kier molecular flexibility index (Phi) is 4.68. The van der Waals surface area contributed by atoms with Gasteiger partial charge in [0.15, 0.2) is 5.76 Å². The third-order valence-corrected chi connectivity index (χ3v) is 4.44. The number of aromatic nitrogens is 2. The van der Waals surface area contributed by atoms with Crippen molar-refractivity contribution < 1.29 is 9.21 Å². The number of hydrogen-bond acceptors (Lipinski definition) is 4. The lowest BCUT2D eigenvalue weighted by Gasteiger charge is -2.11. The summed E-state index contributed by atoms with van der Waals surface area (Å²) in [5, 5.41) is 6.23. The Morgan fingerprint density at radius 3 is 2.61 bits per heavy atom. The van der Waals surface area contributed by atoms with Crippen LogP contribution >= 0.6 is 0 Å². The minimum atomic E-state index is -0.269. The molecule has 3 heterocycles. The second kappa shape index (κ2) is 7.44. The fraction of sp³-hybridized carbons (Fsp3) is 0.0909. The van der Waals surface area contributed by atoms with E-state index in [1.807, 2.05) is 73.3 Å². The summed E-state index contributed by atoms with van der Waals surface area (Å²) in [6.07, 6.45) is 5.27. The topological polar surface area (TPSA) is 72.1 Å². The van der Waals surface area contributed by atoms with Crippen molar-refractivity contribution >= 4 is 23.0 Å². The molecule has 0 aliphatic carbocycles. The van der Waals surface area contributed by atoms with Crippen LogP contribution in [0.4, 0.5) is 17.1 Å². The summed E-state index contributed by atoms with van der Waals surface area (Å²) in [6, 6.07) is 17.2. The van der Waals surface area contributed by atoms with Gasteiger partial charge in [0, 0.05) is 42.1 Å². The molecule has 0 atom stereocenters. The van der Waals surface area contributed by atoms with Gasteiger partial charge < -0.3 is 19.6 Å². The van der Waals surface area contributed by atoms with Crippen LogP contribution in [0.15, 0.2) is 77.7 Å². The van der Waals surface area contributed by atoms with Crippen molar-refractivity contribution in [1.29, 1.82) is 0 Å². The Balaban J connectivity index is 1.52. The molecule has 0 saturated heterocycles. The number of hydrogen-bond donors (Lipinski definition) is 2. The number of anilines is 3. The van der Waals surface area contributed by atoms with Crippen LogP contribution < -0.4 is 10.6 Å². The van der Waals surface area contributed by atoms with Gasteiger partial charge in [-0.15, -0.1) is 0 Å². The molecule has 28 heavy (non-hydrogen) atoms. The van der Waals surface area contributed by atoms with Gasteiger partial charge in [-0.2, -0.15) is 0 Å². The van der Waals surface area contributed by atoms with E-state index < -0.39 is 0 Å². The molecule has 3 aromatic heterocycles. The molecule has 0 fully saturated rings. The zero-order valence-corrected chi connectivity index (χ0v) is 15.6. The third-order valence-electron chi connectivity index (χ3n) is 4.44. The van der Waals surface area contributed by atoms with E-state index in [1.165, 1.54) is 6.26 Å². The van der Waals surface area contributed by atoms with Gasteiger partial charge in [-0.25, -0.2) is 0 Å². The fourth-order valence-corrected chi connectivity index (χ4v) is 3.01. The van der Waals surface area contributed by atoms with E-state index in [9.17, 15) is 4.79 Å². The van der Waals surface area contributed by atoms with Crippen LogP contribution in [-0.4, -0.2) is 15.5 Å². The first-order valence-corrected chi connectivity index (χ1v) is 8.90. The van der Waals surface area contributed by atoms with Crippen molar-refractivity contribution in [2.75, 3.05) is 10.6 Å². The smallest absolute Gasteiger partial charge is 0.291 e. The van der Waals surface area contributed by atoms with Crippen molar-refractivity contribution in [3.05, 3.63) is 84.6 Å². The van der Waals surface area contributed by atoms with Gasteiger partial charge >= 0.3 is 0 Å². The molecule has 6 heteroatoms. The third kappa shape index (κ3) is 3.66. The second-order valence-corrected chi connectivity index (χ2v) is 6.53. The highest BCUT2D eigenvalue weighted by Gasteiger charge is 2.13. The van der Waals surface area contributed by atoms with E-state index in [-0.39, 0.29) is 5.91 Å². The van der Waals surface area contributed by atoms with Crippen LogP contribution in [0.1, 0.15) is 16.1 Å². The molecule has 1 amide bonds. The van der Waals surface area contributed by atoms with Crippen LogP contribution in [0.5, 0.6) is 0 Å². The van der Waals surface area contributed by atoms with Crippen LogP contribution in [-0.2, 0) is 7.05 Å². The number of nitrogens with one attached hydrogen (secondary N) is 2. The molecular weight excluding hydrogens is 352 g/mol.